The van der Waals surface area contributed by atoms with Gasteiger partial charge in [0.25, 0.3) is 0 Å². The fraction of sp³-hybridized carbons (Fsp3) is 0.533. The van der Waals surface area contributed by atoms with Crippen molar-refractivity contribution in [2.45, 2.75) is 19.3 Å². The summed E-state index contributed by atoms with van der Waals surface area (Å²) in [5, 5.41) is 9.35. The third kappa shape index (κ3) is 3.96. The lowest BCUT2D eigenvalue weighted by molar-refractivity contribution is -0.142. The molecule has 1 aliphatic heterocycles. The maximum Gasteiger partial charge on any atom is 0.306 e. The lowest BCUT2D eigenvalue weighted by atomic mass is 9.89. The van der Waals surface area contributed by atoms with Crippen molar-refractivity contribution in [3.63, 3.8) is 0 Å². The second-order valence-corrected chi connectivity index (χ2v) is 5.06. The number of carbonyl (C=O) groups is 1. The minimum Gasteiger partial charge on any atom is -0.497 e. The number of benzene rings is 1. The van der Waals surface area contributed by atoms with Gasteiger partial charge < -0.3 is 14.6 Å². The Labute approximate surface area is 113 Å². The van der Waals surface area contributed by atoms with Crippen molar-refractivity contribution in [1.29, 1.82) is 0 Å². The van der Waals surface area contributed by atoms with E-state index in [4.69, 9.17) is 9.47 Å². The van der Waals surface area contributed by atoms with Gasteiger partial charge in [-0.25, -0.2) is 0 Å². The fourth-order valence-corrected chi connectivity index (χ4v) is 2.53. The topological polar surface area (TPSA) is 55.8 Å². The molecule has 0 radical (unpaired) electrons. The summed E-state index contributed by atoms with van der Waals surface area (Å²) in [4.78, 5) is 11.4. The van der Waals surface area contributed by atoms with Crippen LogP contribution in [0.1, 0.15) is 18.4 Å². The zero-order valence-corrected chi connectivity index (χ0v) is 11.2. The molecular weight excluding hydrogens is 244 g/mol. The van der Waals surface area contributed by atoms with Gasteiger partial charge in [-0.05, 0) is 42.9 Å². The Hall–Kier alpha value is -1.55. The highest BCUT2D eigenvalue weighted by Gasteiger charge is 2.25. The number of aliphatic carboxylic acids is 1. The third-order valence-electron chi connectivity index (χ3n) is 3.61. The van der Waals surface area contributed by atoms with Gasteiger partial charge >= 0.3 is 5.97 Å². The molecule has 0 aliphatic carbocycles. The van der Waals surface area contributed by atoms with E-state index < -0.39 is 5.97 Å². The molecule has 1 aromatic rings. The van der Waals surface area contributed by atoms with Crippen LogP contribution in [0.4, 0.5) is 0 Å². The summed E-state index contributed by atoms with van der Waals surface area (Å²) in [5.41, 5.74) is 1.01. The Morgan fingerprint density at radius 1 is 1.58 bits per heavy atom. The molecule has 0 spiro atoms. The first-order valence-electron chi connectivity index (χ1n) is 6.62. The summed E-state index contributed by atoms with van der Waals surface area (Å²) >= 11 is 0. The number of rotatable bonds is 6. The minimum atomic E-state index is -0.727. The van der Waals surface area contributed by atoms with Gasteiger partial charge in [-0.2, -0.15) is 0 Å². The third-order valence-corrected chi connectivity index (χ3v) is 3.61. The van der Waals surface area contributed by atoms with Crippen LogP contribution in [0.25, 0.3) is 0 Å². The van der Waals surface area contributed by atoms with Gasteiger partial charge in [0.05, 0.1) is 13.0 Å². The van der Waals surface area contributed by atoms with Gasteiger partial charge in [0.1, 0.15) is 5.75 Å². The molecule has 0 bridgehead atoms. The molecule has 1 fully saturated rings. The molecule has 1 aliphatic rings. The summed E-state index contributed by atoms with van der Waals surface area (Å²) in [6, 6.07) is 7.61. The Bertz CT molecular complexity index is 424. The van der Waals surface area contributed by atoms with E-state index in [9.17, 15) is 9.90 Å². The van der Waals surface area contributed by atoms with Gasteiger partial charge in [0.15, 0.2) is 0 Å². The second-order valence-electron chi connectivity index (χ2n) is 5.06. The first-order chi connectivity index (χ1) is 9.19. The van der Waals surface area contributed by atoms with Crippen LogP contribution < -0.4 is 4.74 Å². The van der Waals surface area contributed by atoms with Crippen molar-refractivity contribution in [3.05, 3.63) is 29.8 Å². The molecule has 2 rings (SSSR count). The molecule has 104 valence electrons. The summed E-state index contributed by atoms with van der Waals surface area (Å²) in [6.07, 6.45) is 2.21. The molecule has 0 amide bonds. The fourth-order valence-electron chi connectivity index (χ4n) is 2.53. The first kappa shape index (κ1) is 13.9. The van der Waals surface area contributed by atoms with Crippen molar-refractivity contribution < 1.29 is 19.4 Å². The second kappa shape index (κ2) is 6.57. The molecule has 1 N–H and O–H groups in total. The van der Waals surface area contributed by atoms with Crippen molar-refractivity contribution in [2.75, 3.05) is 20.3 Å². The minimum absolute atomic E-state index is 0.348. The van der Waals surface area contributed by atoms with Crippen LogP contribution in [0.15, 0.2) is 24.3 Å². The van der Waals surface area contributed by atoms with Crippen LogP contribution >= 0.6 is 0 Å². The smallest absolute Gasteiger partial charge is 0.306 e. The Kier molecular flexibility index (Phi) is 4.80. The average molecular weight is 264 g/mol. The van der Waals surface area contributed by atoms with Gasteiger partial charge in [0, 0.05) is 13.2 Å². The lowest BCUT2D eigenvalue weighted by Crippen LogP contribution is -2.20. The van der Waals surface area contributed by atoms with Crippen LogP contribution in [0, 0.1) is 11.8 Å². The monoisotopic (exact) mass is 264 g/mol. The van der Waals surface area contributed by atoms with E-state index >= 15 is 0 Å². The Morgan fingerprint density at radius 3 is 3.05 bits per heavy atom. The maximum atomic E-state index is 11.4. The van der Waals surface area contributed by atoms with Crippen molar-refractivity contribution in [1.82, 2.24) is 0 Å². The SMILES string of the molecule is COc1cccc(CC(CC2CCOC2)C(=O)O)c1. The molecule has 2 atom stereocenters. The van der Waals surface area contributed by atoms with Gasteiger partial charge in [0.2, 0.25) is 0 Å². The van der Waals surface area contributed by atoms with E-state index in [0.29, 0.717) is 25.4 Å². The van der Waals surface area contributed by atoms with Crippen LogP contribution in [-0.2, 0) is 16.0 Å². The van der Waals surface area contributed by atoms with E-state index in [0.717, 1.165) is 24.3 Å². The van der Waals surface area contributed by atoms with Crippen LogP contribution in [0.3, 0.4) is 0 Å². The highest BCUT2D eigenvalue weighted by atomic mass is 16.5. The normalized spacial score (nSPS) is 20.2. The summed E-state index contributed by atoms with van der Waals surface area (Å²) < 4.78 is 10.5. The summed E-state index contributed by atoms with van der Waals surface area (Å²) in [7, 11) is 1.61. The maximum absolute atomic E-state index is 11.4. The standard InChI is InChI=1S/C15H20O4/c1-18-14-4-2-3-11(9-14)7-13(15(16)17)8-12-5-6-19-10-12/h2-4,9,12-13H,5-8,10H2,1H3,(H,16,17). The molecule has 0 saturated carbocycles. The molecule has 1 saturated heterocycles. The zero-order chi connectivity index (χ0) is 13.7. The Balaban J connectivity index is 2.00. The van der Waals surface area contributed by atoms with Gasteiger partial charge in [-0.3, -0.25) is 4.79 Å². The molecule has 0 aromatic heterocycles. The van der Waals surface area contributed by atoms with E-state index in [1.807, 2.05) is 24.3 Å². The largest absolute Gasteiger partial charge is 0.497 e. The summed E-state index contributed by atoms with van der Waals surface area (Å²) in [5.74, 6) is 0.0751. The highest BCUT2D eigenvalue weighted by Crippen LogP contribution is 2.25. The van der Waals surface area contributed by atoms with Crippen LogP contribution in [0.5, 0.6) is 5.75 Å². The molecule has 1 heterocycles. The highest BCUT2D eigenvalue weighted by molar-refractivity contribution is 5.70. The van der Waals surface area contributed by atoms with Crippen molar-refractivity contribution in [2.24, 2.45) is 11.8 Å². The molecular formula is C15H20O4. The number of methoxy groups -OCH3 is 1. The molecule has 2 unspecified atom stereocenters. The lowest BCUT2D eigenvalue weighted by Gasteiger charge is -2.16. The predicted molar refractivity (Wildman–Crippen MR) is 71.4 cm³/mol. The van der Waals surface area contributed by atoms with Crippen molar-refractivity contribution >= 4 is 5.97 Å². The quantitative estimate of drug-likeness (QED) is 0.857. The van der Waals surface area contributed by atoms with E-state index in [-0.39, 0.29) is 5.92 Å². The van der Waals surface area contributed by atoms with Gasteiger partial charge in [-0.1, -0.05) is 12.1 Å². The number of hydrogen-bond donors (Lipinski definition) is 1. The van der Waals surface area contributed by atoms with Gasteiger partial charge in [-0.15, -0.1) is 0 Å². The number of hydrogen-bond acceptors (Lipinski definition) is 3. The predicted octanol–water partition coefficient (Wildman–Crippen LogP) is 2.37. The van der Waals surface area contributed by atoms with Crippen LogP contribution in [-0.4, -0.2) is 31.4 Å². The number of carboxylic acid groups (broad SMARTS) is 1. The van der Waals surface area contributed by atoms with E-state index in [1.54, 1.807) is 7.11 Å². The zero-order valence-electron chi connectivity index (χ0n) is 11.2. The average Bonchev–Trinajstić information content (AvgIpc) is 2.91. The molecule has 19 heavy (non-hydrogen) atoms. The molecule has 4 nitrogen and oxygen atoms in total. The Morgan fingerprint density at radius 2 is 2.42 bits per heavy atom. The van der Waals surface area contributed by atoms with Crippen molar-refractivity contribution in [3.8, 4) is 5.75 Å². The number of carboxylic acids is 1. The number of ether oxygens (including phenoxy) is 2. The first-order valence-corrected chi connectivity index (χ1v) is 6.62. The molecule has 4 heteroatoms. The van der Waals surface area contributed by atoms with E-state index in [1.165, 1.54) is 0 Å². The summed E-state index contributed by atoms with van der Waals surface area (Å²) in [6.45, 7) is 1.46. The molecule has 1 aromatic carbocycles. The van der Waals surface area contributed by atoms with Crippen LogP contribution in [0.2, 0.25) is 0 Å². The van der Waals surface area contributed by atoms with E-state index in [2.05, 4.69) is 0 Å².